The van der Waals surface area contributed by atoms with Crippen LogP contribution >= 0.6 is 0 Å². The Kier molecular flexibility index (Phi) is 5.74. The van der Waals surface area contributed by atoms with Crippen LogP contribution < -0.4 is 0 Å². The van der Waals surface area contributed by atoms with Gasteiger partial charge >= 0.3 is 6.18 Å². The number of hydrogen-bond donors (Lipinski definition) is 2. The summed E-state index contributed by atoms with van der Waals surface area (Å²) in [5.74, 6) is 2.28. The van der Waals surface area contributed by atoms with Crippen molar-refractivity contribution in [1.82, 2.24) is 0 Å². The molecule has 4 rings (SSSR count). The Hall–Kier alpha value is -0.810. The SMILES string of the molecule is C[C@H](/C=C/C(O)C(F)(F)F)C1CC[C@H]2[C@@H]3CC=C4C[C@@](C)(O)CCC4(C)[C@H]3CC[C@]12C. The first-order valence-electron chi connectivity index (χ1n) is 12.1. The normalized spacial score (nSPS) is 47.3. The maximum atomic E-state index is 12.7. The van der Waals surface area contributed by atoms with Crippen molar-refractivity contribution in [3.63, 3.8) is 0 Å². The number of hydrogen-bond acceptors (Lipinski definition) is 2. The van der Waals surface area contributed by atoms with Gasteiger partial charge in [0.25, 0.3) is 0 Å². The largest absolute Gasteiger partial charge is 0.417 e. The second-order valence-corrected chi connectivity index (χ2v) is 11.9. The molecule has 4 aliphatic rings. The van der Waals surface area contributed by atoms with Crippen LogP contribution in [-0.2, 0) is 0 Å². The van der Waals surface area contributed by atoms with Gasteiger partial charge < -0.3 is 10.2 Å². The van der Waals surface area contributed by atoms with Gasteiger partial charge in [0.1, 0.15) is 0 Å². The van der Waals surface area contributed by atoms with E-state index in [1.165, 1.54) is 12.0 Å². The van der Waals surface area contributed by atoms with E-state index in [0.29, 0.717) is 23.7 Å². The van der Waals surface area contributed by atoms with Crippen molar-refractivity contribution in [2.75, 3.05) is 0 Å². The third kappa shape index (κ3) is 3.92. The van der Waals surface area contributed by atoms with Gasteiger partial charge in [0.15, 0.2) is 6.10 Å². The van der Waals surface area contributed by atoms with Gasteiger partial charge in [-0.3, -0.25) is 0 Å². The lowest BCUT2D eigenvalue weighted by Crippen LogP contribution is -2.52. The lowest BCUT2D eigenvalue weighted by Gasteiger charge is -2.59. The molecule has 0 amide bonds. The molecule has 0 radical (unpaired) electrons. The summed E-state index contributed by atoms with van der Waals surface area (Å²) in [4.78, 5) is 0. The second kappa shape index (κ2) is 7.62. The van der Waals surface area contributed by atoms with Crippen LogP contribution in [0.5, 0.6) is 0 Å². The van der Waals surface area contributed by atoms with E-state index in [4.69, 9.17) is 0 Å². The number of alkyl halides is 3. The first-order chi connectivity index (χ1) is 14.3. The molecule has 0 saturated heterocycles. The Balaban J connectivity index is 1.53. The minimum atomic E-state index is -4.59. The van der Waals surface area contributed by atoms with Crippen molar-refractivity contribution in [2.24, 2.45) is 40.4 Å². The summed E-state index contributed by atoms with van der Waals surface area (Å²) >= 11 is 0. The molecule has 0 spiro atoms. The molecule has 9 atom stereocenters. The summed E-state index contributed by atoms with van der Waals surface area (Å²) in [5, 5.41) is 20.0. The molecule has 0 heterocycles. The van der Waals surface area contributed by atoms with E-state index in [1.54, 1.807) is 6.08 Å². The summed E-state index contributed by atoms with van der Waals surface area (Å²) in [5.41, 5.74) is 1.21. The van der Waals surface area contributed by atoms with E-state index in [-0.39, 0.29) is 16.7 Å². The van der Waals surface area contributed by atoms with Gasteiger partial charge in [0.05, 0.1) is 5.60 Å². The van der Waals surface area contributed by atoms with Gasteiger partial charge in [-0.1, -0.05) is 44.6 Å². The summed E-state index contributed by atoms with van der Waals surface area (Å²) in [7, 11) is 0. The smallest absolute Gasteiger partial charge is 0.390 e. The third-order valence-corrected chi connectivity index (χ3v) is 10.0. The fourth-order valence-electron chi connectivity index (χ4n) is 8.23. The van der Waals surface area contributed by atoms with E-state index in [0.717, 1.165) is 51.0 Å². The number of aliphatic hydroxyl groups excluding tert-OH is 1. The van der Waals surface area contributed by atoms with Crippen LogP contribution in [0.2, 0.25) is 0 Å². The fourth-order valence-corrected chi connectivity index (χ4v) is 8.23. The number of fused-ring (bicyclic) bond motifs is 5. The Morgan fingerprint density at radius 1 is 1.03 bits per heavy atom. The number of rotatable bonds is 3. The molecule has 2 nitrogen and oxygen atoms in total. The molecule has 2 N–H and O–H groups in total. The van der Waals surface area contributed by atoms with Crippen molar-refractivity contribution in [3.8, 4) is 0 Å². The average molecular weight is 441 g/mol. The van der Waals surface area contributed by atoms with Crippen molar-refractivity contribution in [2.45, 2.75) is 96.9 Å². The van der Waals surface area contributed by atoms with Gasteiger partial charge in [-0.15, -0.1) is 0 Å². The molecule has 4 aliphatic carbocycles. The van der Waals surface area contributed by atoms with Crippen LogP contribution in [0.3, 0.4) is 0 Å². The minimum Gasteiger partial charge on any atom is -0.390 e. The highest BCUT2D eigenvalue weighted by Gasteiger charge is 2.59. The summed E-state index contributed by atoms with van der Waals surface area (Å²) in [6.07, 6.45) is 6.29. The molecule has 0 aromatic carbocycles. The van der Waals surface area contributed by atoms with Crippen LogP contribution in [0.25, 0.3) is 0 Å². The van der Waals surface area contributed by atoms with E-state index in [9.17, 15) is 23.4 Å². The zero-order chi connectivity index (χ0) is 22.8. The Morgan fingerprint density at radius 3 is 2.42 bits per heavy atom. The maximum Gasteiger partial charge on any atom is 0.417 e. The summed E-state index contributed by atoms with van der Waals surface area (Å²) < 4.78 is 38.1. The van der Waals surface area contributed by atoms with E-state index < -0.39 is 17.9 Å². The molecule has 0 bridgehead atoms. The quantitative estimate of drug-likeness (QED) is 0.496. The Bertz CT molecular complexity index is 754. The van der Waals surface area contributed by atoms with Crippen molar-refractivity contribution in [3.05, 3.63) is 23.8 Å². The van der Waals surface area contributed by atoms with Gasteiger partial charge in [-0.2, -0.15) is 13.2 Å². The predicted octanol–water partition coefficient (Wildman–Crippen LogP) is 6.43. The lowest BCUT2D eigenvalue weighted by atomic mass is 9.46. The van der Waals surface area contributed by atoms with Gasteiger partial charge in [-0.05, 0) is 98.7 Å². The van der Waals surface area contributed by atoms with Crippen LogP contribution in [0.1, 0.15) is 79.1 Å². The van der Waals surface area contributed by atoms with Gasteiger partial charge in [0.2, 0.25) is 0 Å². The second-order valence-electron chi connectivity index (χ2n) is 11.9. The van der Waals surface area contributed by atoms with E-state index >= 15 is 0 Å². The zero-order valence-corrected chi connectivity index (χ0v) is 19.4. The molecule has 3 unspecified atom stereocenters. The number of aliphatic hydroxyl groups is 2. The summed E-state index contributed by atoms with van der Waals surface area (Å²) in [6, 6.07) is 0. The van der Waals surface area contributed by atoms with E-state index in [2.05, 4.69) is 19.9 Å². The molecule has 31 heavy (non-hydrogen) atoms. The number of halogens is 3. The average Bonchev–Trinajstić information content (AvgIpc) is 3.02. The molecular formula is C26H39F3O2. The van der Waals surface area contributed by atoms with Gasteiger partial charge in [-0.25, -0.2) is 0 Å². The molecule has 0 aromatic rings. The molecular weight excluding hydrogens is 401 g/mol. The molecule has 5 heteroatoms. The van der Waals surface area contributed by atoms with Crippen LogP contribution in [-0.4, -0.2) is 28.1 Å². The van der Waals surface area contributed by atoms with Crippen LogP contribution in [0, 0.1) is 40.4 Å². The van der Waals surface area contributed by atoms with Crippen molar-refractivity contribution >= 4 is 0 Å². The topological polar surface area (TPSA) is 40.5 Å². The zero-order valence-electron chi connectivity index (χ0n) is 19.4. The first-order valence-corrected chi connectivity index (χ1v) is 12.1. The lowest BCUT2D eigenvalue weighted by molar-refractivity contribution is -0.187. The highest BCUT2D eigenvalue weighted by molar-refractivity contribution is 5.27. The standard InChI is InChI=1S/C26H39F3O2/c1-16(5-10-22(30)26(27,28)29)19-8-9-20-18-7-6-17-15-23(2,31)13-14-24(17,3)21(18)11-12-25(19,20)4/h5-6,10,16,18-22,30-31H,7-9,11-15H2,1-4H3/b10-5+/t16-,18+,19?,20+,21+,22?,23+,24?,25-/m1/s1. The highest BCUT2D eigenvalue weighted by Crippen LogP contribution is 2.67. The molecule has 3 fully saturated rings. The van der Waals surface area contributed by atoms with Gasteiger partial charge in [0, 0.05) is 0 Å². The van der Waals surface area contributed by atoms with Crippen LogP contribution in [0.15, 0.2) is 23.8 Å². The van der Waals surface area contributed by atoms with E-state index in [1.807, 2.05) is 13.8 Å². The van der Waals surface area contributed by atoms with Crippen molar-refractivity contribution < 1.29 is 23.4 Å². The first kappa shape index (κ1) is 23.4. The minimum absolute atomic E-state index is 0.0265. The fraction of sp³-hybridized carbons (Fsp3) is 0.846. The molecule has 0 aliphatic heterocycles. The van der Waals surface area contributed by atoms with Crippen molar-refractivity contribution in [1.29, 1.82) is 0 Å². The van der Waals surface area contributed by atoms with Crippen LogP contribution in [0.4, 0.5) is 13.2 Å². The molecule has 3 saturated carbocycles. The molecule has 176 valence electrons. The molecule has 0 aromatic heterocycles. The predicted molar refractivity (Wildman–Crippen MR) is 116 cm³/mol. The highest BCUT2D eigenvalue weighted by atomic mass is 19.4. The Morgan fingerprint density at radius 2 is 1.74 bits per heavy atom. The summed E-state index contributed by atoms with van der Waals surface area (Å²) in [6.45, 7) is 8.78. The maximum absolute atomic E-state index is 12.7. The third-order valence-electron chi connectivity index (χ3n) is 10.0. The monoisotopic (exact) mass is 440 g/mol. The number of allylic oxidation sites excluding steroid dienone is 2. The Labute approximate surface area is 185 Å².